The third-order valence-electron chi connectivity index (χ3n) is 7.22. The summed E-state index contributed by atoms with van der Waals surface area (Å²) < 4.78 is 0. The van der Waals surface area contributed by atoms with Gasteiger partial charge < -0.3 is 4.90 Å². The highest BCUT2D eigenvalue weighted by atomic mass is 15.4. The zero-order chi connectivity index (χ0) is 17.3. The Morgan fingerprint density at radius 1 is 0.731 bits per heavy atom. The Bertz CT molecular complexity index is 613. The van der Waals surface area contributed by atoms with E-state index >= 15 is 0 Å². The van der Waals surface area contributed by atoms with Crippen molar-refractivity contribution in [2.24, 2.45) is 0 Å². The van der Waals surface area contributed by atoms with Gasteiger partial charge in [-0.1, -0.05) is 19.3 Å². The Morgan fingerprint density at radius 3 is 2.19 bits per heavy atom. The Balaban J connectivity index is 1.15. The highest BCUT2D eigenvalue weighted by molar-refractivity contribution is 5.52. The average molecular weight is 356 g/mol. The fourth-order valence-electron chi connectivity index (χ4n) is 5.55. The van der Waals surface area contributed by atoms with E-state index in [0.29, 0.717) is 0 Å². The quantitative estimate of drug-likeness (QED) is 0.832. The average Bonchev–Trinajstić information content (AvgIpc) is 2.68. The number of rotatable bonds is 3. The molecule has 1 aromatic heterocycles. The fourth-order valence-corrected chi connectivity index (χ4v) is 5.55. The van der Waals surface area contributed by atoms with Crippen molar-refractivity contribution in [1.82, 2.24) is 19.8 Å². The molecule has 26 heavy (non-hydrogen) atoms. The van der Waals surface area contributed by atoms with Gasteiger partial charge in [0.1, 0.15) is 12.1 Å². The topological polar surface area (TPSA) is 35.5 Å². The first-order valence-corrected chi connectivity index (χ1v) is 10.9. The number of aromatic nitrogens is 2. The number of anilines is 1. The number of nitrogens with zero attached hydrogens (tertiary/aromatic N) is 5. The van der Waals surface area contributed by atoms with Crippen molar-refractivity contribution in [3.63, 3.8) is 0 Å². The molecular weight excluding hydrogens is 322 g/mol. The summed E-state index contributed by atoms with van der Waals surface area (Å²) in [5.74, 6) is 1.24. The van der Waals surface area contributed by atoms with Gasteiger partial charge in [-0.15, -0.1) is 0 Å². The predicted octanol–water partition coefficient (Wildman–Crippen LogP) is 2.49. The summed E-state index contributed by atoms with van der Waals surface area (Å²) in [6.07, 6.45) is 13.9. The van der Waals surface area contributed by atoms with Crippen LogP contribution in [0.25, 0.3) is 0 Å². The van der Waals surface area contributed by atoms with Crippen LogP contribution in [0.1, 0.15) is 56.2 Å². The number of fused-ring (bicyclic) bond motifs is 1. The molecule has 0 aromatic carbocycles. The van der Waals surface area contributed by atoms with E-state index in [-0.39, 0.29) is 0 Å². The molecule has 0 spiro atoms. The van der Waals surface area contributed by atoms with Crippen molar-refractivity contribution in [2.75, 3.05) is 44.2 Å². The minimum absolute atomic E-state index is 0.734. The predicted molar refractivity (Wildman–Crippen MR) is 105 cm³/mol. The van der Waals surface area contributed by atoms with E-state index in [4.69, 9.17) is 0 Å². The molecule has 0 unspecified atom stereocenters. The lowest BCUT2D eigenvalue weighted by Crippen LogP contribution is -2.64. The zero-order valence-electron chi connectivity index (χ0n) is 16.1. The third kappa shape index (κ3) is 3.24. The van der Waals surface area contributed by atoms with Crippen molar-refractivity contribution < 1.29 is 0 Å². The van der Waals surface area contributed by atoms with Gasteiger partial charge in [0.2, 0.25) is 0 Å². The van der Waals surface area contributed by atoms with Gasteiger partial charge in [-0.2, -0.15) is 0 Å². The highest BCUT2D eigenvalue weighted by Gasteiger charge is 2.36. The van der Waals surface area contributed by atoms with Gasteiger partial charge in [-0.3, -0.25) is 9.80 Å². The molecule has 0 atom stereocenters. The van der Waals surface area contributed by atoms with Crippen LogP contribution in [0.2, 0.25) is 0 Å². The summed E-state index contributed by atoms with van der Waals surface area (Å²) in [5, 5.41) is 0. The van der Waals surface area contributed by atoms with E-state index in [1.807, 2.05) is 0 Å². The Morgan fingerprint density at radius 2 is 1.42 bits per heavy atom. The van der Waals surface area contributed by atoms with Gasteiger partial charge in [0.15, 0.2) is 0 Å². The molecule has 1 aromatic rings. The monoisotopic (exact) mass is 355 g/mol. The van der Waals surface area contributed by atoms with Gasteiger partial charge in [0.05, 0.1) is 0 Å². The van der Waals surface area contributed by atoms with Crippen LogP contribution in [0.5, 0.6) is 0 Å². The van der Waals surface area contributed by atoms with E-state index < -0.39 is 0 Å². The fraction of sp³-hybridized carbons (Fsp3) is 0.810. The van der Waals surface area contributed by atoms with E-state index in [1.54, 1.807) is 6.33 Å². The van der Waals surface area contributed by atoms with E-state index in [1.165, 1.54) is 94.6 Å². The minimum Gasteiger partial charge on any atom is -0.353 e. The molecule has 5 rings (SSSR count). The molecule has 2 aliphatic carbocycles. The van der Waals surface area contributed by atoms with E-state index in [2.05, 4.69) is 24.7 Å². The van der Waals surface area contributed by atoms with Crippen molar-refractivity contribution >= 4 is 5.82 Å². The summed E-state index contributed by atoms with van der Waals surface area (Å²) in [5.41, 5.74) is 2.75. The molecule has 5 heteroatoms. The van der Waals surface area contributed by atoms with Crippen LogP contribution < -0.4 is 4.90 Å². The second kappa shape index (κ2) is 7.43. The lowest BCUT2D eigenvalue weighted by Gasteiger charge is -2.50. The van der Waals surface area contributed by atoms with Gasteiger partial charge in [-0.25, -0.2) is 9.97 Å². The molecule has 0 bridgehead atoms. The van der Waals surface area contributed by atoms with E-state index in [0.717, 1.165) is 31.6 Å². The maximum absolute atomic E-state index is 4.65. The maximum atomic E-state index is 4.65. The van der Waals surface area contributed by atoms with Gasteiger partial charge in [0, 0.05) is 62.6 Å². The normalized spacial score (nSPS) is 26.5. The number of hydrogen-bond acceptors (Lipinski definition) is 5. The second-order valence-electron chi connectivity index (χ2n) is 8.75. The lowest BCUT2D eigenvalue weighted by molar-refractivity contribution is 0.0486. The van der Waals surface area contributed by atoms with Crippen molar-refractivity contribution in [2.45, 2.75) is 69.9 Å². The molecule has 3 fully saturated rings. The Hall–Kier alpha value is -1.20. The molecule has 0 N–H and O–H groups in total. The molecule has 3 heterocycles. The van der Waals surface area contributed by atoms with Crippen LogP contribution in [-0.4, -0.2) is 71.1 Å². The van der Waals surface area contributed by atoms with Crippen molar-refractivity contribution in [3.05, 3.63) is 17.6 Å². The molecule has 142 valence electrons. The molecule has 5 nitrogen and oxygen atoms in total. The summed E-state index contributed by atoms with van der Waals surface area (Å²) in [7, 11) is 0. The van der Waals surface area contributed by atoms with E-state index in [9.17, 15) is 0 Å². The maximum Gasteiger partial charge on any atom is 0.135 e. The molecule has 2 saturated heterocycles. The first kappa shape index (κ1) is 16.9. The van der Waals surface area contributed by atoms with Gasteiger partial charge in [0.25, 0.3) is 0 Å². The number of aryl methyl sites for hydroxylation is 1. The van der Waals surface area contributed by atoms with Crippen molar-refractivity contribution in [3.8, 4) is 0 Å². The molecule has 2 aliphatic heterocycles. The van der Waals surface area contributed by atoms with Crippen molar-refractivity contribution in [1.29, 1.82) is 0 Å². The summed E-state index contributed by atoms with van der Waals surface area (Å²) in [6, 6.07) is 1.62. The van der Waals surface area contributed by atoms with Gasteiger partial charge >= 0.3 is 0 Å². The Kier molecular flexibility index (Phi) is 4.84. The van der Waals surface area contributed by atoms with Crippen LogP contribution in [-0.2, 0) is 12.8 Å². The smallest absolute Gasteiger partial charge is 0.135 e. The van der Waals surface area contributed by atoms with Crippen LogP contribution in [0.15, 0.2) is 6.33 Å². The number of piperazine rings is 1. The van der Waals surface area contributed by atoms with Crippen LogP contribution in [0.3, 0.4) is 0 Å². The summed E-state index contributed by atoms with van der Waals surface area (Å²) in [4.78, 5) is 17.2. The standard InChI is InChI=1S/C21H33N5/c1-2-6-17(7-3-1)24-10-12-25(13-11-24)18-14-26(15-18)21-19-8-4-5-9-20(19)22-16-23-21/h16-18H,1-15H2. The number of hydrogen-bond donors (Lipinski definition) is 0. The molecule has 4 aliphatic rings. The van der Waals surface area contributed by atoms with Crippen LogP contribution in [0.4, 0.5) is 5.82 Å². The van der Waals surface area contributed by atoms with Gasteiger partial charge in [-0.05, 0) is 38.5 Å². The van der Waals surface area contributed by atoms with Crippen LogP contribution in [0, 0.1) is 0 Å². The van der Waals surface area contributed by atoms with Crippen LogP contribution >= 0.6 is 0 Å². The molecule has 0 radical (unpaired) electrons. The SMILES string of the molecule is c1nc2c(c(N3CC(N4CCN(C5CCCCC5)CC4)C3)n1)CCCC2. The molecule has 0 amide bonds. The highest BCUT2D eigenvalue weighted by Crippen LogP contribution is 2.31. The largest absolute Gasteiger partial charge is 0.353 e. The molecule has 1 saturated carbocycles. The molecular formula is C21H33N5. The first-order valence-electron chi connectivity index (χ1n) is 10.9. The lowest BCUT2D eigenvalue weighted by atomic mass is 9.93. The second-order valence-corrected chi connectivity index (χ2v) is 8.75. The summed E-state index contributed by atoms with van der Waals surface area (Å²) in [6.45, 7) is 7.40. The third-order valence-corrected chi connectivity index (χ3v) is 7.22. The Labute approximate surface area is 157 Å². The zero-order valence-corrected chi connectivity index (χ0v) is 16.1. The first-order chi connectivity index (χ1) is 12.9. The minimum atomic E-state index is 0.734. The summed E-state index contributed by atoms with van der Waals surface area (Å²) >= 11 is 0.